The van der Waals surface area contributed by atoms with Crippen molar-refractivity contribution in [2.24, 2.45) is 0 Å². The molecule has 46 heavy (non-hydrogen) atoms. The van der Waals surface area contributed by atoms with Gasteiger partial charge in [0.15, 0.2) is 0 Å². The fourth-order valence-electron chi connectivity index (χ4n) is 6.87. The van der Waals surface area contributed by atoms with E-state index in [1.54, 1.807) is 0 Å². The Morgan fingerprint density at radius 2 is 0.696 bits per heavy atom. The van der Waals surface area contributed by atoms with Gasteiger partial charge in [0, 0.05) is 32.9 Å². The Morgan fingerprint density at radius 1 is 0.348 bits per heavy atom. The van der Waals surface area contributed by atoms with Crippen LogP contribution in [0.2, 0.25) is 0 Å². The molecule has 0 aliphatic carbocycles. The SMILES string of the molecule is CS(C)(C)c1ccc(-n2c3ccccc3c3cc(-c4ccc5c(c4)c4ccccc4n5-c4ccc(S(C)(C)C)cc4)ccc32)cc1. The Hall–Kier alpha value is -4.38. The molecule has 4 heteroatoms. The van der Waals surface area contributed by atoms with Crippen molar-refractivity contribution in [1.82, 2.24) is 9.13 Å². The average molecular weight is 637 g/mol. The summed E-state index contributed by atoms with van der Waals surface area (Å²) in [6.07, 6.45) is 14.1. The summed E-state index contributed by atoms with van der Waals surface area (Å²) in [7, 11) is -1.54. The zero-order chi connectivity index (χ0) is 31.8. The van der Waals surface area contributed by atoms with Crippen molar-refractivity contribution in [2.45, 2.75) is 9.79 Å². The van der Waals surface area contributed by atoms with Crippen molar-refractivity contribution >= 4 is 63.7 Å². The number of hydrogen-bond acceptors (Lipinski definition) is 0. The summed E-state index contributed by atoms with van der Waals surface area (Å²) >= 11 is 0. The van der Waals surface area contributed by atoms with Gasteiger partial charge in [0.1, 0.15) is 0 Å². The summed E-state index contributed by atoms with van der Waals surface area (Å²) in [5.74, 6) is 0. The van der Waals surface area contributed by atoms with Crippen LogP contribution in [0.1, 0.15) is 0 Å². The van der Waals surface area contributed by atoms with Gasteiger partial charge in [-0.15, -0.1) is 0 Å². The van der Waals surface area contributed by atoms with E-state index >= 15 is 0 Å². The number of benzene rings is 6. The highest BCUT2D eigenvalue weighted by molar-refractivity contribution is 8.32. The molecule has 0 saturated heterocycles. The third-order valence-electron chi connectivity index (χ3n) is 9.28. The minimum Gasteiger partial charge on any atom is -0.309 e. The number of nitrogens with zero attached hydrogens (tertiary/aromatic N) is 2. The van der Waals surface area contributed by atoms with Crippen LogP contribution in [0.5, 0.6) is 0 Å². The molecule has 0 atom stereocenters. The number of rotatable bonds is 5. The molecule has 8 rings (SSSR count). The summed E-state index contributed by atoms with van der Waals surface area (Å²) in [6.45, 7) is 0. The maximum atomic E-state index is 2.42. The van der Waals surface area contributed by atoms with Gasteiger partial charge in [0.2, 0.25) is 0 Å². The maximum absolute atomic E-state index is 2.42. The van der Waals surface area contributed by atoms with Crippen molar-refractivity contribution in [2.75, 3.05) is 37.5 Å². The summed E-state index contributed by atoms with van der Waals surface area (Å²) in [6, 6.07) is 50.0. The van der Waals surface area contributed by atoms with Crippen LogP contribution >= 0.6 is 20.1 Å². The molecule has 0 amide bonds. The van der Waals surface area contributed by atoms with Gasteiger partial charge in [-0.25, -0.2) is 20.1 Å². The van der Waals surface area contributed by atoms with Gasteiger partial charge in [0.25, 0.3) is 0 Å². The van der Waals surface area contributed by atoms with E-state index < -0.39 is 20.1 Å². The predicted octanol–water partition coefficient (Wildman–Crippen LogP) is 11.7. The van der Waals surface area contributed by atoms with Gasteiger partial charge in [-0.1, -0.05) is 48.5 Å². The second-order valence-corrected chi connectivity index (χ2v) is 22.1. The van der Waals surface area contributed by atoms with E-state index in [9.17, 15) is 0 Å². The van der Waals surface area contributed by atoms with Crippen LogP contribution in [0.15, 0.2) is 143 Å². The number of para-hydroxylation sites is 2. The molecule has 8 aromatic rings. The molecule has 0 aliphatic rings. The second-order valence-electron chi connectivity index (χ2n) is 13.8. The van der Waals surface area contributed by atoms with Crippen LogP contribution in [0.25, 0.3) is 66.1 Å². The molecular formula is C42H40N2S2. The maximum Gasteiger partial charge on any atom is 0.0541 e. The zero-order valence-electron chi connectivity index (χ0n) is 27.4. The van der Waals surface area contributed by atoms with Crippen LogP contribution in [0, 0.1) is 0 Å². The fourth-order valence-corrected chi connectivity index (χ4v) is 8.77. The molecule has 0 spiro atoms. The molecule has 2 nitrogen and oxygen atoms in total. The first-order valence-corrected chi connectivity index (χ1v) is 21.4. The highest BCUT2D eigenvalue weighted by atomic mass is 32.3. The normalized spacial score (nSPS) is 13.3. The summed E-state index contributed by atoms with van der Waals surface area (Å²) in [4.78, 5) is 2.86. The molecular weight excluding hydrogens is 597 g/mol. The zero-order valence-corrected chi connectivity index (χ0v) is 29.0. The molecule has 0 saturated carbocycles. The van der Waals surface area contributed by atoms with Crippen molar-refractivity contribution in [3.8, 4) is 22.5 Å². The van der Waals surface area contributed by atoms with E-state index in [2.05, 4.69) is 180 Å². The summed E-state index contributed by atoms with van der Waals surface area (Å²) in [5.41, 5.74) is 9.83. The van der Waals surface area contributed by atoms with E-state index in [1.165, 1.54) is 75.9 Å². The van der Waals surface area contributed by atoms with Crippen LogP contribution in [-0.2, 0) is 0 Å². The molecule has 0 bridgehead atoms. The Balaban J connectivity index is 1.27. The van der Waals surface area contributed by atoms with Crippen LogP contribution in [0.4, 0.5) is 0 Å². The first-order valence-electron chi connectivity index (χ1n) is 15.7. The third-order valence-corrected chi connectivity index (χ3v) is 12.7. The van der Waals surface area contributed by atoms with E-state index in [0.717, 1.165) is 0 Å². The lowest BCUT2D eigenvalue weighted by Gasteiger charge is -2.26. The standard InChI is InChI=1S/C42H40N2S2/c1-45(2,3)33-21-17-31(18-22-33)43-39-13-9-7-11-35(39)37-27-29(15-25-41(37)43)30-16-26-42-38(28-30)36-12-8-10-14-40(36)44(42)32-19-23-34(24-20-32)46(4,5)6/h7-28H,1-6H3. The molecule has 230 valence electrons. The van der Waals surface area contributed by atoms with Gasteiger partial charge in [-0.05, 0) is 143 Å². The van der Waals surface area contributed by atoms with E-state index in [1.807, 2.05) is 0 Å². The predicted molar refractivity (Wildman–Crippen MR) is 208 cm³/mol. The summed E-state index contributed by atoms with van der Waals surface area (Å²) < 4.78 is 4.83. The molecule has 0 unspecified atom stereocenters. The molecule has 0 aliphatic heterocycles. The highest BCUT2D eigenvalue weighted by Gasteiger charge is 2.17. The third kappa shape index (κ3) is 4.74. The Morgan fingerprint density at radius 3 is 1.07 bits per heavy atom. The highest BCUT2D eigenvalue weighted by Crippen LogP contribution is 2.46. The molecule has 2 aromatic heterocycles. The molecule has 6 aromatic carbocycles. The number of fused-ring (bicyclic) bond motifs is 6. The first-order chi connectivity index (χ1) is 22.1. The average Bonchev–Trinajstić information content (AvgIpc) is 3.56. The van der Waals surface area contributed by atoms with Crippen LogP contribution < -0.4 is 0 Å². The van der Waals surface area contributed by atoms with Gasteiger partial charge in [0.05, 0.1) is 22.1 Å². The Kier molecular flexibility index (Phi) is 6.68. The van der Waals surface area contributed by atoms with Gasteiger partial charge < -0.3 is 9.13 Å². The van der Waals surface area contributed by atoms with Crippen LogP contribution in [-0.4, -0.2) is 46.7 Å². The molecule has 2 heterocycles. The van der Waals surface area contributed by atoms with E-state index in [0.29, 0.717) is 0 Å². The number of aromatic nitrogens is 2. The smallest absolute Gasteiger partial charge is 0.0541 e. The van der Waals surface area contributed by atoms with Crippen LogP contribution in [0.3, 0.4) is 0 Å². The van der Waals surface area contributed by atoms with E-state index in [-0.39, 0.29) is 0 Å². The van der Waals surface area contributed by atoms with Gasteiger partial charge in [-0.2, -0.15) is 0 Å². The second kappa shape index (κ2) is 10.6. The Bertz CT molecular complexity index is 2240. The van der Waals surface area contributed by atoms with E-state index in [4.69, 9.17) is 0 Å². The quantitative estimate of drug-likeness (QED) is 0.178. The minimum absolute atomic E-state index is 0.771. The first kappa shape index (κ1) is 29.1. The topological polar surface area (TPSA) is 9.86 Å². The minimum atomic E-state index is -0.771. The lowest BCUT2D eigenvalue weighted by Crippen LogP contribution is -1.97. The van der Waals surface area contributed by atoms with Gasteiger partial charge >= 0.3 is 0 Å². The largest absolute Gasteiger partial charge is 0.309 e. The summed E-state index contributed by atoms with van der Waals surface area (Å²) in [5, 5.41) is 5.12. The molecule has 0 radical (unpaired) electrons. The number of hydrogen-bond donors (Lipinski definition) is 0. The lowest BCUT2D eigenvalue weighted by molar-refractivity contribution is 1.17. The monoisotopic (exact) mass is 636 g/mol. The molecule has 0 fully saturated rings. The van der Waals surface area contributed by atoms with Crippen molar-refractivity contribution in [1.29, 1.82) is 0 Å². The Labute approximate surface area is 274 Å². The lowest BCUT2D eigenvalue weighted by atomic mass is 10.0. The molecule has 0 N–H and O–H groups in total. The van der Waals surface area contributed by atoms with Crippen molar-refractivity contribution in [3.63, 3.8) is 0 Å². The van der Waals surface area contributed by atoms with Crippen molar-refractivity contribution in [3.05, 3.63) is 133 Å². The fraction of sp³-hybridized carbons (Fsp3) is 0.143. The van der Waals surface area contributed by atoms with Crippen molar-refractivity contribution < 1.29 is 0 Å². The van der Waals surface area contributed by atoms with Gasteiger partial charge in [-0.3, -0.25) is 0 Å².